The largest absolute Gasteiger partial charge is 0.434 e. The van der Waals surface area contributed by atoms with Gasteiger partial charge in [0.15, 0.2) is 0 Å². The Labute approximate surface area is 164 Å². The third-order valence-electron chi connectivity index (χ3n) is 4.47. The zero-order valence-corrected chi connectivity index (χ0v) is 15.0. The molecule has 0 saturated heterocycles. The van der Waals surface area contributed by atoms with E-state index < -0.39 is 11.5 Å². The number of para-hydroxylation sites is 1. The van der Waals surface area contributed by atoms with Gasteiger partial charge in [-0.2, -0.15) is 8.78 Å². The van der Waals surface area contributed by atoms with Gasteiger partial charge in [-0.05, 0) is 35.4 Å². The van der Waals surface area contributed by atoms with Crippen molar-refractivity contribution in [3.63, 3.8) is 0 Å². The molecule has 0 spiro atoms. The summed E-state index contributed by atoms with van der Waals surface area (Å²) in [4.78, 5) is 15.3. The zero-order valence-electron chi connectivity index (χ0n) is 15.0. The summed E-state index contributed by atoms with van der Waals surface area (Å²) in [6.45, 7) is -2.96. The molecule has 0 saturated carbocycles. The van der Waals surface area contributed by atoms with Gasteiger partial charge in [0.1, 0.15) is 5.75 Å². The first kappa shape index (κ1) is 18.5. The highest BCUT2D eigenvalue weighted by molar-refractivity contribution is 5.98. The van der Waals surface area contributed by atoms with Gasteiger partial charge in [-0.15, -0.1) is 0 Å². The molecule has 29 heavy (non-hydrogen) atoms. The number of non-ortho nitro benzene ring substituents is 1. The lowest BCUT2D eigenvalue weighted by molar-refractivity contribution is -0.384. The number of alkyl halides is 2. The molecular weight excluding hydrogens is 378 g/mol. The third kappa shape index (κ3) is 3.75. The molecule has 4 aromatic rings. The van der Waals surface area contributed by atoms with Crippen molar-refractivity contribution >= 4 is 16.6 Å². The molecule has 144 valence electrons. The van der Waals surface area contributed by atoms with Gasteiger partial charge in [0.05, 0.1) is 16.1 Å². The number of nitro groups is 1. The van der Waals surface area contributed by atoms with E-state index in [0.717, 1.165) is 5.56 Å². The molecule has 7 heteroatoms. The van der Waals surface area contributed by atoms with Crippen LogP contribution in [0.25, 0.3) is 33.3 Å². The molecule has 0 unspecified atom stereocenters. The van der Waals surface area contributed by atoms with Crippen LogP contribution in [0.3, 0.4) is 0 Å². The summed E-state index contributed by atoms with van der Waals surface area (Å²) >= 11 is 0. The Bertz CT molecular complexity index is 1200. The van der Waals surface area contributed by atoms with Crippen LogP contribution in [0.2, 0.25) is 0 Å². The van der Waals surface area contributed by atoms with E-state index in [1.54, 1.807) is 30.3 Å². The number of hydrogen-bond donors (Lipinski definition) is 0. The summed E-state index contributed by atoms with van der Waals surface area (Å²) in [5.41, 5.74) is 2.84. The van der Waals surface area contributed by atoms with Crippen molar-refractivity contribution in [1.29, 1.82) is 0 Å². The lowest BCUT2D eigenvalue weighted by atomic mass is 9.97. The van der Waals surface area contributed by atoms with E-state index in [0.29, 0.717) is 27.7 Å². The minimum atomic E-state index is -2.96. The normalized spacial score (nSPS) is 11.0. The van der Waals surface area contributed by atoms with Gasteiger partial charge in [0.25, 0.3) is 5.69 Å². The van der Waals surface area contributed by atoms with E-state index in [1.165, 1.54) is 18.2 Å². The van der Waals surface area contributed by atoms with E-state index in [-0.39, 0.29) is 11.4 Å². The molecule has 0 N–H and O–H groups in total. The van der Waals surface area contributed by atoms with Crippen LogP contribution in [0.1, 0.15) is 0 Å². The third-order valence-corrected chi connectivity index (χ3v) is 4.47. The average molecular weight is 392 g/mol. The molecule has 0 aliphatic carbocycles. The van der Waals surface area contributed by atoms with Crippen molar-refractivity contribution in [3.8, 4) is 28.1 Å². The Kier molecular flexibility index (Phi) is 4.87. The molecule has 0 aliphatic heterocycles. The number of pyridine rings is 1. The maximum Gasteiger partial charge on any atom is 0.387 e. The van der Waals surface area contributed by atoms with Crippen LogP contribution in [0.4, 0.5) is 14.5 Å². The van der Waals surface area contributed by atoms with E-state index in [1.807, 2.05) is 30.3 Å². The summed E-state index contributed by atoms with van der Waals surface area (Å²) < 4.78 is 30.3. The van der Waals surface area contributed by atoms with E-state index in [2.05, 4.69) is 9.72 Å². The number of fused-ring (bicyclic) bond motifs is 1. The maximum absolute atomic E-state index is 12.8. The molecular formula is C22H14F2N2O3. The predicted octanol–water partition coefficient (Wildman–Crippen LogP) is 6.08. The summed E-state index contributed by atoms with van der Waals surface area (Å²) in [6, 6.07) is 21.8. The van der Waals surface area contributed by atoms with Gasteiger partial charge < -0.3 is 4.74 Å². The summed E-state index contributed by atoms with van der Waals surface area (Å²) in [5.74, 6) is 0.00951. The molecule has 5 nitrogen and oxygen atoms in total. The number of ether oxygens (including phenoxy) is 1. The molecule has 0 bridgehead atoms. The van der Waals surface area contributed by atoms with Gasteiger partial charge in [-0.3, -0.25) is 10.1 Å². The van der Waals surface area contributed by atoms with Gasteiger partial charge >= 0.3 is 6.61 Å². The second-order valence-corrected chi connectivity index (χ2v) is 6.25. The number of halogens is 2. The highest BCUT2D eigenvalue weighted by atomic mass is 19.3. The van der Waals surface area contributed by atoms with Crippen molar-refractivity contribution in [2.24, 2.45) is 0 Å². The Morgan fingerprint density at radius 3 is 2.34 bits per heavy atom. The Morgan fingerprint density at radius 2 is 1.62 bits per heavy atom. The Morgan fingerprint density at radius 1 is 0.897 bits per heavy atom. The lowest BCUT2D eigenvalue weighted by Crippen LogP contribution is -2.03. The molecule has 4 rings (SSSR count). The van der Waals surface area contributed by atoms with Crippen LogP contribution in [-0.4, -0.2) is 16.5 Å². The number of hydrogen-bond acceptors (Lipinski definition) is 4. The van der Waals surface area contributed by atoms with Crippen LogP contribution >= 0.6 is 0 Å². The number of aromatic nitrogens is 1. The highest BCUT2D eigenvalue weighted by Crippen LogP contribution is 2.37. The Hall–Kier alpha value is -3.87. The van der Waals surface area contributed by atoms with Crippen molar-refractivity contribution in [1.82, 2.24) is 4.98 Å². The van der Waals surface area contributed by atoms with Gasteiger partial charge in [0, 0.05) is 23.1 Å². The second-order valence-electron chi connectivity index (χ2n) is 6.25. The van der Waals surface area contributed by atoms with E-state index in [9.17, 15) is 18.9 Å². The first-order chi connectivity index (χ1) is 14.0. The number of nitrogens with zero attached hydrogens (tertiary/aromatic N) is 2. The van der Waals surface area contributed by atoms with Crippen molar-refractivity contribution < 1.29 is 18.4 Å². The topological polar surface area (TPSA) is 65.3 Å². The molecule has 0 fully saturated rings. The molecule has 0 atom stereocenters. The lowest BCUT2D eigenvalue weighted by Gasteiger charge is -2.13. The molecule has 3 aromatic carbocycles. The average Bonchev–Trinajstić information content (AvgIpc) is 2.73. The van der Waals surface area contributed by atoms with Crippen molar-refractivity contribution in [2.75, 3.05) is 0 Å². The number of nitro benzene ring substituents is 1. The van der Waals surface area contributed by atoms with Crippen molar-refractivity contribution in [2.45, 2.75) is 6.61 Å². The standard InChI is InChI=1S/C22H14F2N2O3/c23-22(24)29-21-9-5-4-8-16(21)20-13-17(14-6-2-1-3-7-14)18-12-15(26(27)28)10-11-19(18)25-20/h1-13,22H. The number of benzene rings is 3. The second kappa shape index (κ2) is 7.63. The minimum absolute atomic E-state index is 0.00951. The Balaban J connectivity index is 1.99. The van der Waals surface area contributed by atoms with Crippen LogP contribution in [0, 0.1) is 10.1 Å². The van der Waals surface area contributed by atoms with Crippen LogP contribution in [0.5, 0.6) is 5.75 Å². The molecule has 0 amide bonds. The summed E-state index contributed by atoms with van der Waals surface area (Å²) in [6.07, 6.45) is 0. The summed E-state index contributed by atoms with van der Waals surface area (Å²) in [5, 5.41) is 11.8. The first-order valence-electron chi connectivity index (χ1n) is 8.72. The highest BCUT2D eigenvalue weighted by Gasteiger charge is 2.17. The minimum Gasteiger partial charge on any atom is -0.434 e. The van der Waals surface area contributed by atoms with Crippen molar-refractivity contribution in [3.05, 3.63) is 89.0 Å². The smallest absolute Gasteiger partial charge is 0.387 e. The van der Waals surface area contributed by atoms with Crippen LogP contribution < -0.4 is 4.74 Å². The molecule has 0 radical (unpaired) electrons. The maximum atomic E-state index is 12.8. The van der Waals surface area contributed by atoms with Gasteiger partial charge in [-0.1, -0.05) is 42.5 Å². The first-order valence-corrected chi connectivity index (χ1v) is 8.72. The SMILES string of the molecule is O=[N+]([O-])c1ccc2nc(-c3ccccc3OC(F)F)cc(-c3ccccc3)c2c1. The quantitative estimate of drug-likeness (QED) is 0.305. The van der Waals surface area contributed by atoms with Gasteiger partial charge in [-0.25, -0.2) is 4.98 Å². The molecule has 0 aliphatic rings. The molecule has 1 heterocycles. The van der Waals surface area contributed by atoms with Crippen LogP contribution in [0.15, 0.2) is 78.9 Å². The fourth-order valence-corrected chi connectivity index (χ4v) is 3.20. The zero-order chi connectivity index (χ0) is 20.4. The van der Waals surface area contributed by atoms with E-state index in [4.69, 9.17) is 0 Å². The van der Waals surface area contributed by atoms with Gasteiger partial charge in [0.2, 0.25) is 0 Å². The molecule has 1 aromatic heterocycles. The summed E-state index contributed by atoms with van der Waals surface area (Å²) in [7, 11) is 0. The fourth-order valence-electron chi connectivity index (χ4n) is 3.20. The monoisotopic (exact) mass is 392 g/mol. The number of rotatable bonds is 5. The van der Waals surface area contributed by atoms with Crippen LogP contribution in [-0.2, 0) is 0 Å². The predicted molar refractivity (Wildman–Crippen MR) is 106 cm³/mol. The fraction of sp³-hybridized carbons (Fsp3) is 0.0455. The van der Waals surface area contributed by atoms with E-state index >= 15 is 0 Å².